The molecule has 0 saturated heterocycles. The summed E-state index contributed by atoms with van der Waals surface area (Å²) >= 11 is 0. The molecule has 0 radical (unpaired) electrons. The maximum absolute atomic E-state index is 11.8. The molecule has 0 fully saturated rings. The zero-order valence-corrected chi connectivity index (χ0v) is 17.3. The van der Waals surface area contributed by atoms with Crippen LogP contribution in [-0.2, 0) is 6.54 Å². The molecule has 10 nitrogen and oxygen atoms in total. The van der Waals surface area contributed by atoms with E-state index in [1.807, 2.05) is 11.5 Å². The molecule has 0 aliphatic carbocycles. The number of imidazole rings is 1. The molecule has 2 aromatic heterocycles. The minimum Gasteiger partial charge on any atom is -0.491 e. The summed E-state index contributed by atoms with van der Waals surface area (Å²) in [5.41, 5.74) is 7.47. The maximum Gasteiger partial charge on any atom is 0.248 e. The molecule has 1 unspecified atom stereocenters. The Morgan fingerprint density at radius 2 is 2.13 bits per heavy atom. The van der Waals surface area contributed by atoms with Crippen LogP contribution in [0.3, 0.4) is 0 Å². The summed E-state index contributed by atoms with van der Waals surface area (Å²) < 4.78 is 13.2. The van der Waals surface area contributed by atoms with Crippen molar-refractivity contribution >= 4 is 22.9 Å². The van der Waals surface area contributed by atoms with E-state index in [1.165, 1.54) is 0 Å². The first-order valence-electron chi connectivity index (χ1n) is 9.82. The molecule has 30 heavy (non-hydrogen) atoms. The number of carbonyl (C=O) groups excluding carboxylic acids is 1. The first kappa shape index (κ1) is 21.6. The highest BCUT2D eigenvalue weighted by Gasteiger charge is 2.22. The van der Waals surface area contributed by atoms with E-state index in [-0.39, 0.29) is 18.8 Å². The van der Waals surface area contributed by atoms with Crippen molar-refractivity contribution in [2.75, 3.05) is 18.5 Å². The van der Waals surface area contributed by atoms with Crippen LogP contribution in [-0.4, -0.2) is 43.9 Å². The van der Waals surface area contributed by atoms with Gasteiger partial charge in [0.1, 0.15) is 11.3 Å². The zero-order valence-electron chi connectivity index (χ0n) is 17.3. The van der Waals surface area contributed by atoms with Crippen molar-refractivity contribution in [1.82, 2.24) is 14.5 Å². The predicted molar refractivity (Wildman–Crippen MR) is 110 cm³/mol. The molecular formula is C20H27N5O5. The molecule has 1 aromatic carbocycles. The van der Waals surface area contributed by atoms with E-state index in [2.05, 4.69) is 15.3 Å². The predicted octanol–water partition coefficient (Wildman–Crippen LogP) is 2.01. The number of aliphatic hydroxyl groups excluding tert-OH is 2. The van der Waals surface area contributed by atoms with Crippen molar-refractivity contribution in [3.8, 4) is 5.75 Å². The lowest BCUT2D eigenvalue weighted by Crippen LogP contribution is -2.15. The Bertz CT molecular complexity index is 1040. The van der Waals surface area contributed by atoms with E-state index in [1.54, 1.807) is 26.0 Å². The van der Waals surface area contributed by atoms with Crippen LogP contribution < -0.4 is 15.8 Å². The summed E-state index contributed by atoms with van der Waals surface area (Å²) in [6.45, 7) is 6.32. The van der Waals surface area contributed by atoms with Gasteiger partial charge in [0.05, 0.1) is 17.8 Å². The number of oxazole rings is 1. The van der Waals surface area contributed by atoms with Gasteiger partial charge in [-0.1, -0.05) is 6.92 Å². The minimum atomic E-state index is -1.16. The van der Waals surface area contributed by atoms with Crippen molar-refractivity contribution in [2.24, 2.45) is 5.73 Å². The van der Waals surface area contributed by atoms with E-state index < -0.39 is 12.1 Å². The molecule has 0 saturated carbocycles. The number of rotatable bonds is 10. The standard InChI is InChI=1S/C20H27N5O5/c1-4-6-25-16-14(9-13(18(21)27)10-15(16)29-8-5-7-26)23-20(25)24-19(28)17-11(2)22-12(3)30-17/h9-10,19,26,28H,4-8H2,1-3H3,(H2,21,27)(H,23,24). The Morgan fingerprint density at radius 1 is 1.37 bits per heavy atom. The number of primary amides is 1. The lowest BCUT2D eigenvalue weighted by Gasteiger charge is -2.15. The third-order valence-electron chi connectivity index (χ3n) is 4.55. The average molecular weight is 417 g/mol. The van der Waals surface area contributed by atoms with Crippen LogP contribution in [0.25, 0.3) is 11.0 Å². The number of ether oxygens (including phenoxy) is 1. The molecule has 1 atom stereocenters. The van der Waals surface area contributed by atoms with Gasteiger partial charge in [-0.3, -0.25) is 4.79 Å². The number of hydrogen-bond donors (Lipinski definition) is 4. The first-order chi connectivity index (χ1) is 14.3. The van der Waals surface area contributed by atoms with Gasteiger partial charge in [0.2, 0.25) is 11.9 Å². The van der Waals surface area contributed by atoms with Gasteiger partial charge in [0.15, 0.2) is 17.9 Å². The summed E-state index contributed by atoms with van der Waals surface area (Å²) in [6, 6.07) is 3.16. The molecular weight excluding hydrogens is 390 g/mol. The fourth-order valence-corrected chi connectivity index (χ4v) is 3.27. The second-order valence-electron chi connectivity index (χ2n) is 6.95. The second kappa shape index (κ2) is 9.14. The molecule has 5 N–H and O–H groups in total. The Balaban J connectivity index is 2.07. The fourth-order valence-electron chi connectivity index (χ4n) is 3.27. The fraction of sp³-hybridized carbons (Fsp3) is 0.450. The number of aryl methyl sites for hydroxylation is 3. The van der Waals surface area contributed by atoms with Crippen molar-refractivity contribution in [3.63, 3.8) is 0 Å². The Morgan fingerprint density at radius 3 is 2.73 bits per heavy atom. The largest absolute Gasteiger partial charge is 0.491 e. The molecule has 0 aliphatic rings. The summed E-state index contributed by atoms with van der Waals surface area (Å²) in [5, 5.41) is 22.7. The summed E-state index contributed by atoms with van der Waals surface area (Å²) in [5.74, 6) is 0.985. The number of carbonyl (C=O) groups is 1. The van der Waals surface area contributed by atoms with Gasteiger partial charge < -0.3 is 35.0 Å². The minimum absolute atomic E-state index is 0.0121. The highest BCUT2D eigenvalue weighted by Crippen LogP contribution is 2.32. The molecule has 3 rings (SSSR count). The molecule has 10 heteroatoms. The Kier molecular flexibility index (Phi) is 6.58. The van der Waals surface area contributed by atoms with Gasteiger partial charge >= 0.3 is 0 Å². The van der Waals surface area contributed by atoms with Crippen LogP contribution in [0.2, 0.25) is 0 Å². The zero-order chi connectivity index (χ0) is 21.8. The van der Waals surface area contributed by atoms with Crippen molar-refractivity contribution in [3.05, 3.63) is 35.0 Å². The molecule has 0 aliphatic heterocycles. The first-order valence-corrected chi connectivity index (χ1v) is 9.82. The van der Waals surface area contributed by atoms with Crippen molar-refractivity contribution in [2.45, 2.75) is 46.4 Å². The Hall–Kier alpha value is -3.11. The lowest BCUT2D eigenvalue weighted by molar-refractivity contribution is 0.1000. The smallest absolute Gasteiger partial charge is 0.248 e. The van der Waals surface area contributed by atoms with Gasteiger partial charge in [-0.05, 0) is 25.5 Å². The van der Waals surface area contributed by atoms with E-state index in [4.69, 9.17) is 20.0 Å². The maximum atomic E-state index is 11.8. The van der Waals surface area contributed by atoms with E-state index in [9.17, 15) is 9.90 Å². The number of fused-ring (bicyclic) bond motifs is 1. The number of benzene rings is 1. The van der Waals surface area contributed by atoms with Gasteiger partial charge in [0, 0.05) is 32.1 Å². The van der Waals surface area contributed by atoms with Crippen LogP contribution >= 0.6 is 0 Å². The third-order valence-corrected chi connectivity index (χ3v) is 4.55. The van der Waals surface area contributed by atoms with Gasteiger partial charge in [0.25, 0.3) is 0 Å². The monoisotopic (exact) mass is 417 g/mol. The number of amides is 1. The number of hydrogen-bond acceptors (Lipinski definition) is 8. The third kappa shape index (κ3) is 4.39. The van der Waals surface area contributed by atoms with E-state index in [0.29, 0.717) is 53.0 Å². The normalized spacial score (nSPS) is 12.3. The molecule has 1 amide bonds. The second-order valence-corrected chi connectivity index (χ2v) is 6.95. The number of aliphatic hydroxyl groups is 2. The molecule has 3 aromatic rings. The Labute approximate surface area is 173 Å². The quantitative estimate of drug-likeness (QED) is 0.289. The van der Waals surface area contributed by atoms with Gasteiger partial charge in [-0.25, -0.2) is 9.97 Å². The highest BCUT2D eigenvalue weighted by molar-refractivity contribution is 5.98. The van der Waals surface area contributed by atoms with Crippen LogP contribution in [0.4, 0.5) is 5.95 Å². The van der Waals surface area contributed by atoms with E-state index >= 15 is 0 Å². The van der Waals surface area contributed by atoms with Crippen LogP contribution in [0.5, 0.6) is 5.75 Å². The summed E-state index contributed by atoms with van der Waals surface area (Å²) in [6.07, 6.45) is 0.0793. The van der Waals surface area contributed by atoms with Gasteiger partial charge in [-0.15, -0.1) is 0 Å². The van der Waals surface area contributed by atoms with Crippen molar-refractivity contribution in [1.29, 1.82) is 0 Å². The summed E-state index contributed by atoms with van der Waals surface area (Å²) in [4.78, 5) is 20.5. The number of nitrogens with two attached hydrogens (primary N) is 1. The lowest BCUT2D eigenvalue weighted by atomic mass is 10.1. The van der Waals surface area contributed by atoms with E-state index in [0.717, 1.165) is 6.42 Å². The molecule has 0 spiro atoms. The SMILES string of the molecule is CCCn1c(NC(O)c2oc(C)nc2C)nc2cc(C(N)=O)cc(OCCCO)c21. The molecule has 0 bridgehead atoms. The van der Waals surface area contributed by atoms with Crippen LogP contribution in [0.1, 0.15) is 53.7 Å². The average Bonchev–Trinajstić information content (AvgIpc) is 3.21. The number of nitrogens with one attached hydrogen (secondary N) is 1. The van der Waals surface area contributed by atoms with Crippen molar-refractivity contribution < 1.29 is 24.2 Å². The van der Waals surface area contributed by atoms with Crippen LogP contribution in [0.15, 0.2) is 16.5 Å². The van der Waals surface area contributed by atoms with Gasteiger partial charge in [-0.2, -0.15) is 0 Å². The summed E-state index contributed by atoms with van der Waals surface area (Å²) in [7, 11) is 0. The van der Waals surface area contributed by atoms with Crippen LogP contribution in [0, 0.1) is 13.8 Å². The number of aromatic nitrogens is 3. The molecule has 2 heterocycles. The number of nitrogens with zero attached hydrogens (tertiary/aromatic N) is 3. The topological polar surface area (TPSA) is 149 Å². The highest BCUT2D eigenvalue weighted by atomic mass is 16.5. The molecule has 162 valence electrons. The number of anilines is 1.